The zero-order valence-corrected chi connectivity index (χ0v) is 13.7. The van der Waals surface area contributed by atoms with Gasteiger partial charge in [0.2, 0.25) is 0 Å². The lowest BCUT2D eigenvalue weighted by atomic mass is 9.83. The van der Waals surface area contributed by atoms with Crippen molar-refractivity contribution in [2.75, 3.05) is 33.2 Å². The van der Waals surface area contributed by atoms with E-state index in [-0.39, 0.29) is 0 Å². The van der Waals surface area contributed by atoms with Gasteiger partial charge in [0.05, 0.1) is 0 Å². The summed E-state index contributed by atoms with van der Waals surface area (Å²) >= 11 is 0. The highest BCUT2D eigenvalue weighted by Gasteiger charge is 2.29. The number of hydrogen-bond donors (Lipinski definition) is 1. The third kappa shape index (κ3) is 4.19. The Bertz CT molecular complexity index is 269. The van der Waals surface area contributed by atoms with Gasteiger partial charge in [0, 0.05) is 12.1 Å². The van der Waals surface area contributed by atoms with Gasteiger partial charge in [0.15, 0.2) is 0 Å². The smallest absolute Gasteiger partial charge is 0.0135 e. The predicted molar refractivity (Wildman–Crippen MR) is 86.9 cm³/mol. The third-order valence-electron chi connectivity index (χ3n) is 5.72. The van der Waals surface area contributed by atoms with Gasteiger partial charge < -0.3 is 15.5 Å². The third-order valence-corrected chi connectivity index (χ3v) is 5.72. The standard InChI is InChI=1S/C17H35N3/c1-3-20(17-10-5-4-8-15(17)14-18)13-11-16-9-6-7-12-19(16)2/h15-17H,3-14,18H2,1-2H3. The maximum absolute atomic E-state index is 6.01. The number of likely N-dealkylation sites (tertiary alicyclic amines) is 1. The van der Waals surface area contributed by atoms with Crippen molar-refractivity contribution >= 4 is 0 Å². The Balaban J connectivity index is 1.84. The van der Waals surface area contributed by atoms with E-state index in [4.69, 9.17) is 5.73 Å². The van der Waals surface area contributed by atoms with Crippen molar-refractivity contribution in [1.82, 2.24) is 9.80 Å². The van der Waals surface area contributed by atoms with E-state index in [0.29, 0.717) is 0 Å². The van der Waals surface area contributed by atoms with Crippen molar-refractivity contribution < 1.29 is 0 Å². The first-order valence-corrected chi connectivity index (χ1v) is 8.90. The number of hydrogen-bond acceptors (Lipinski definition) is 3. The molecule has 1 aliphatic heterocycles. The number of nitrogens with zero attached hydrogens (tertiary/aromatic N) is 2. The highest BCUT2D eigenvalue weighted by atomic mass is 15.2. The Kier molecular flexibility index (Phi) is 6.79. The summed E-state index contributed by atoms with van der Waals surface area (Å²) in [7, 11) is 2.31. The molecule has 0 aromatic heterocycles. The van der Waals surface area contributed by atoms with E-state index in [9.17, 15) is 0 Å². The first-order chi connectivity index (χ1) is 9.76. The quantitative estimate of drug-likeness (QED) is 0.812. The van der Waals surface area contributed by atoms with Gasteiger partial charge in [-0.3, -0.25) is 0 Å². The molecule has 2 fully saturated rings. The summed E-state index contributed by atoms with van der Waals surface area (Å²) in [5.74, 6) is 0.743. The molecule has 0 radical (unpaired) electrons. The minimum Gasteiger partial charge on any atom is -0.330 e. The minimum atomic E-state index is 0.743. The van der Waals surface area contributed by atoms with Crippen molar-refractivity contribution in [2.24, 2.45) is 11.7 Å². The molecule has 3 nitrogen and oxygen atoms in total. The highest BCUT2D eigenvalue weighted by molar-refractivity contribution is 4.85. The lowest BCUT2D eigenvalue weighted by Crippen LogP contribution is -2.47. The van der Waals surface area contributed by atoms with Crippen LogP contribution in [0, 0.1) is 5.92 Å². The topological polar surface area (TPSA) is 32.5 Å². The van der Waals surface area contributed by atoms with E-state index in [2.05, 4.69) is 23.8 Å². The molecule has 118 valence electrons. The molecule has 3 atom stereocenters. The van der Waals surface area contributed by atoms with E-state index in [1.807, 2.05) is 0 Å². The van der Waals surface area contributed by atoms with E-state index in [0.717, 1.165) is 24.5 Å². The molecule has 3 heteroatoms. The molecule has 0 spiro atoms. The summed E-state index contributed by atoms with van der Waals surface area (Å²) in [4.78, 5) is 5.32. The molecule has 3 unspecified atom stereocenters. The summed E-state index contributed by atoms with van der Waals surface area (Å²) in [5.41, 5.74) is 6.01. The molecule has 0 bridgehead atoms. The zero-order valence-electron chi connectivity index (χ0n) is 13.7. The average molecular weight is 281 g/mol. The fourth-order valence-electron chi connectivity index (χ4n) is 4.33. The fourth-order valence-corrected chi connectivity index (χ4v) is 4.33. The second-order valence-electron chi connectivity index (χ2n) is 6.90. The maximum Gasteiger partial charge on any atom is 0.0135 e. The van der Waals surface area contributed by atoms with Crippen LogP contribution in [0.4, 0.5) is 0 Å². The van der Waals surface area contributed by atoms with E-state index in [1.54, 1.807) is 0 Å². The molecule has 2 rings (SSSR count). The van der Waals surface area contributed by atoms with Gasteiger partial charge in [-0.05, 0) is 71.2 Å². The predicted octanol–water partition coefficient (Wildman–Crippen LogP) is 2.70. The van der Waals surface area contributed by atoms with Crippen molar-refractivity contribution in [3.63, 3.8) is 0 Å². The lowest BCUT2D eigenvalue weighted by Gasteiger charge is -2.41. The maximum atomic E-state index is 6.01. The molecular weight excluding hydrogens is 246 g/mol. The van der Waals surface area contributed by atoms with Crippen LogP contribution in [0.15, 0.2) is 0 Å². The molecule has 0 amide bonds. The molecule has 2 N–H and O–H groups in total. The number of piperidine rings is 1. The molecule has 20 heavy (non-hydrogen) atoms. The van der Waals surface area contributed by atoms with Crippen LogP contribution < -0.4 is 5.73 Å². The van der Waals surface area contributed by atoms with Gasteiger partial charge in [0.1, 0.15) is 0 Å². The van der Waals surface area contributed by atoms with Crippen LogP contribution in [-0.4, -0.2) is 55.1 Å². The molecule has 1 heterocycles. The summed E-state index contributed by atoms with van der Waals surface area (Å²) in [5, 5.41) is 0. The van der Waals surface area contributed by atoms with E-state index < -0.39 is 0 Å². The van der Waals surface area contributed by atoms with Gasteiger partial charge in [-0.1, -0.05) is 26.2 Å². The first-order valence-electron chi connectivity index (χ1n) is 8.90. The normalized spacial score (nSPS) is 32.7. The SMILES string of the molecule is CCN(CCC1CCCCN1C)C1CCCCC1CN. The molecule has 0 aromatic carbocycles. The van der Waals surface area contributed by atoms with Crippen LogP contribution in [0.2, 0.25) is 0 Å². The second kappa shape index (κ2) is 8.35. The Hall–Kier alpha value is -0.120. The van der Waals surface area contributed by atoms with Crippen molar-refractivity contribution in [1.29, 1.82) is 0 Å². The van der Waals surface area contributed by atoms with Crippen molar-refractivity contribution in [3.8, 4) is 0 Å². The molecule has 1 saturated heterocycles. The van der Waals surface area contributed by atoms with Crippen LogP contribution in [0.25, 0.3) is 0 Å². The van der Waals surface area contributed by atoms with Gasteiger partial charge in [0.25, 0.3) is 0 Å². The van der Waals surface area contributed by atoms with Gasteiger partial charge in [-0.25, -0.2) is 0 Å². The van der Waals surface area contributed by atoms with Crippen molar-refractivity contribution in [3.05, 3.63) is 0 Å². The Morgan fingerprint density at radius 3 is 2.55 bits per heavy atom. The monoisotopic (exact) mass is 281 g/mol. The molecule has 1 saturated carbocycles. The highest BCUT2D eigenvalue weighted by Crippen LogP contribution is 2.28. The zero-order chi connectivity index (χ0) is 14.4. The minimum absolute atomic E-state index is 0.743. The summed E-state index contributed by atoms with van der Waals surface area (Å²) in [6, 6.07) is 1.57. The number of nitrogens with two attached hydrogens (primary N) is 1. The van der Waals surface area contributed by atoms with E-state index in [1.165, 1.54) is 71.0 Å². The van der Waals surface area contributed by atoms with Gasteiger partial charge >= 0.3 is 0 Å². The Morgan fingerprint density at radius 1 is 1.10 bits per heavy atom. The molecular formula is C17H35N3. The summed E-state index contributed by atoms with van der Waals surface area (Å²) in [6.07, 6.45) is 11.1. The van der Waals surface area contributed by atoms with Crippen LogP contribution >= 0.6 is 0 Å². The first kappa shape index (κ1) is 16.3. The Morgan fingerprint density at radius 2 is 1.85 bits per heavy atom. The lowest BCUT2D eigenvalue weighted by molar-refractivity contribution is 0.0913. The van der Waals surface area contributed by atoms with Gasteiger partial charge in [-0.15, -0.1) is 0 Å². The van der Waals surface area contributed by atoms with Crippen molar-refractivity contribution in [2.45, 2.75) is 70.4 Å². The fraction of sp³-hybridized carbons (Fsp3) is 1.00. The second-order valence-corrected chi connectivity index (χ2v) is 6.90. The molecule has 2 aliphatic rings. The van der Waals surface area contributed by atoms with Crippen LogP contribution in [0.1, 0.15) is 58.3 Å². The van der Waals surface area contributed by atoms with Gasteiger partial charge in [-0.2, -0.15) is 0 Å². The Labute approximate surface area is 125 Å². The number of rotatable bonds is 6. The van der Waals surface area contributed by atoms with Crippen LogP contribution in [0.3, 0.4) is 0 Å². The summed E-state index contributed by atoms with van der Waals surface area (Å²) in [6.45, 7) is 6.97. The summed E-state index contributed by atoms with van der Waals surface area (Å²) < 4.78 is 0. The average Bonchev–Trinajstić information content (AvgIpc) is 2.50. The van der Waals surface area contributed by atoms with E-state index >= 15 is 0 Å². The van der Waals surface area contributed by atoms with Crippen LogP contribution in [-0.2, 0) is 0 Å². The largest absolute Gasteiger partial charge is 0.330 e. The molecule has 0 aromatic rings. The van der Waals surface area contributed by atoms with Crippen LogP contribution in [0.5, 0.6) is 0 Å². The molecule has 1 aliphatic carbocycles.